The Labute approximate surface area is 120 Å². The van der Waals surface area contributed by atoms with E-state index >= 15 is 0 Å². The fourth-order valence-corrected chi connectivity index (χ4v) is 2.68. The van der Waals surface area contributed by atoms with Gasteiger partial charge in [-0.1, -0.05) is 18.6 Å². The van der Waals surface area contributed by atoms with E-state index in [2.05, 4.69) is 16.5 Å². The van der Waals surface area contributed by atoms with Gasteiger partial charge in [-0.25, -0.2) is 0 Å². The second-order valence-corrected chi connectivity index (χ2v) is 5.30. The van der Waals surface area contributed by atoms with Crippen LogP contribution in [0.5, 0.6) is 0 Å². The van der Waals surface area contributed by atoms with Gasteiger partial charge < -0.3 is 11.1 Å². The summed E-state index contributed by atoms with van der Waals surface area (Å²) >= 11 is 0. The molecule has 5 heteroatoms. The number of nitrogens with two attached hydrogens (primary N) is 1. The molecule has 0 saturated carbocycles. The number of aromatic nitrogens is 2. The van der Waals surface area contributed by atoms with Crippen molar-refractivity contribution in [2.24, 2.45) is 7.05 Å². The number of nitrogen functional groups attached to an aromatic ring is 1. The Balaban J connectivity index is 1.92. The molecule has 20 heavy (non-hydrogen) atoms. The lowest BCUT2D eigenvalue weighted by Gasteiger charge is -2.13. The van der Waals surface area contributed by atoms with Crippen LogP contribution in [-0.4, -0.2) is 22.2 Å². The monoisotopic (exact) mass is 276 g/mol. The standard InChI is InChI=1S/C15H24N4O/c1-3-12-13(16)14(19(2)18-12)15(20)17-10-9-11-7-5-4-6-8-11/h7H,3-6,8-10,16H2,1-2H3,(H,17,20). The minimum Gasteiger partial charge on any atom is -0.395 e. The fourth-order valence-electron chi connectivity index (χ4n) is 2.68. The van der Waals surface area contributed by atoms with E-state index in [-0.39, 0.29) is 5.91 Å². The van der Waals surface area contributed by atoms with E-state index in [1.807, 2.05) is 6.92 Å². The highest BCUT2D eigenvalue weighted by Crippen LogP contribution is 2.20. The Kier molecular flexibility index (Phi) is 4.82. The van der Waals surface area contributed by atoms with Gasteiger partial charge in [-0.3, -0.25) is 9.48 Å². The van der Waals surface area contributed by atoms with Crippen molar-refractivity contribution in [1.82, 2.24) is 15.1 Å². The van der Waals surface area contributed by atoms with Gasteiger partial charge in [0.15, 0.2) is 0 Å². The predicted octanol–water partition coefficient (Wildman–Crippen LogP) is 2.19. The maximum Gasteiger partial charge on any atom is 0.271 e. The Morgan fingerprint density at radius 1 is 1.50 bits per heavy atom. The van der Waals surface area contributed by atoms with Crippen LogP contribution in [0.4, 0.5) is 5.69 Å². The third-order valence-electron chi connectivity index (χ3n) is 3.83. The van der Waals surface area contributed by atoms with Gasteiger partial charge in [-0.15, -0.1) is 0 Å². The molecule has 1 aromatic heterocycles. The molecular formula is C15H24N4O. The van der Waals surface area contributed by atoms with Gasteiger partial charge in [-0.2, -0.15) is 5.10 Å². The van der Waals surface area contributed by atoms with Crippen LogP contribution in [0.15, 0.2) is 11.6 Å². The van der Waals surface area contributed by atoms with E-state index in [0.717, 1.165) is 18.5 Å². The largest absolute Gasteiger partial charge is 0.395 e. The van der Waals surface area contributed by atoms with Crippen molar-refractivity contribution in [3.8, 4) is 0 Å². The van der Waals surface area contributed by atoms with E-state index in [1.54, 1.807) is 11.7 Å². The Bertz CT molecular complexity index is 516. The van der Waals surface area contributed by atoms with Crippen molar-refractivity contribution in [2.45, 2.75) is 45.4 Å². The molecule has 0 spiro atoms. The van der Waals surface area contributed by atoms with Crippen molar-refractivity contribution >= 4 is 11.6 Å². The first-order chi connectivity index (χ1) is 9.63. The third-order valence-corrected chi connectivity index (χ3v) is 3.83. The van der Waals surface area contributed by atoms with Crippen LogP contribution in [0, 0.1) is 0 Å². The summed E-state index contributed by atoms with van der Waals surface area (Å²) in [7, 11) is 1.76. The van der Waals surface area contributed by atoms with Crippen molar-refractivity contribution < 1.29 is 4.79 Å². The van der Waals surface area contributed by atoms with E-state index < -0.39 is 0 Å². The molecule has 0 saturated heterocycles. The quantitative estimate of drug-likeness (QED) is 0.810. The van der Waals surface area contributed by atoms with Gasteiger partial charge in [0.2, 0.25) is 0 Å². The number of allylic oxidation sites excluding steroid dienone is 1. The number of carbonyl (C=O) groups excluding carboxylic acids is 1. The molecule has 0 aliphatic heterocycles. The molecule has 0 unspecified atom stereocenters. The lowest BCUT2D eigenvalue weighted by atomic mass is 9.97. The van der Waals surface area contributed by atoms with E-state index in [4.69, 9.17) is 5.73 Å². The minimum atomic E-state index is -0.131. The predicted molar refractivity (Wildman–Crippen MR) is 80.5 cm³/mol. The lowest BCUT2D eigenvalue weighted by molar-refractivity contribution is 0.0945. The molecule has 0 radical (unpaired) electrons. The van der Waals surface area contributed by atoms with Crippen LogP contribution in [-0.2, 0) is 13.5 Å². The molecule has 1 amide bonds. The number of anilines is 1. The van der Waals surface area contributed by atoms with Crippen LogP contribution in [0.1, 0.15) is 55.2 Å². The topological polar surface area (TPSA) is 72.9 Å². The summed E-state index contributed by atoms with van der Waals surface area (Å²) in [6, 6.07) is 0. The first kappa shape index (κ1) is 14.6. The molecule has 110 valence electrons. The maximum atomic E-state index is 12.2. The SMILES string of the molecule is CCc1nn(C)c(C(=O)NCCC2=CCCCC2)c1N. The Morgan fingerprint density at radius 3 is 2.90 bits per heavy atom. The van der Waals surface area contributed by atoms with Crippen molar-refractivity contribution in [3.63, 3.8) is 0 Å². The first-order valence-electron chi connectivity index (χ1n) is 7.41. The van der Waals surface area contributed by atoms with Gasteiger partial charge in [0, 0.05) is 13.6 Å². The summed E-state index contributed by atoms with van der Waals surface area (Å²) in [4.78, 5) is 12.2. The Morgan fingerprint density at radius 2 is 2.30 bits per heavy atom. The molecule has 0 aromatic carbocycles. The average Bonchev–Trinajstić information content (AvgIpc) is 2.74. The van der Waals surface area contributed by atoms with Crippen molar-refractivity contribution in [1.29, 1.82) is 0 Å². The van der Waals surface area contributed by atoms with E-state index in [9.17, 15) is 4.79 Å². The molecule has 0 bridgehead atoms. The number of hydrogen-bond acceptors (Lipinski definition) is 3. The molecule has 5 nitrogen and oxygen atoms in total. The van der Waals surface area contributed by atoms with Gasteiger partial charge in [0.1, 0.15) is 5.69 Å². The summed E-state index contributed by atoms with van der Waals surface area (Å²) in [5.41, 5.74) is 9.20. The van der Waals surface area contributed by atoms with Crippen molar-refractivity contribution in [2.75, 3.05) is 12.3 Å². The first-order valence-corrected chi connectivity index (χ1v) is 7.41. The number of aryl methyl sites for hydroxylation is 2. The summed E-state index contributed by atoms with van der Waals surface area (Å²) < 4.78 is 1.57. The summed E-state index contributed by atoms with van der Waals surface area (Å²) in [5, 5.41) is 7.21. The zero-order valence-corrected chi connectivity index (χ0v) is 12.4. The minimum absolute atomic E-state index is 0.131. The summed E-state index contributed by atoms with van der Waals surface area (Å²) in [6.07, 6.45) is 8.89. The number of rotatable bonds is 5. The molecule has 1 heterocycles. The highest BCUT2D eigenvalue weighted by atomic mass is 16.2. The zero-order chi connectivity index (χ0) is 14.5. The highest BCUT2D eigenvalue weighted by molar-refractivity contribution is 5.97. The highest BCUT2D eigenvalue weighted by Gasteiger charge is 2.18. The number of hydrogen-bond donors (Lipinski definition) is 2. The zero-order valence-electron chi connectivity index (χ0n) is 12.4. The second-order valence-electron chi connectivity index (χ2n) is 5.30. The molecule has 1 aliphatic carbocycles. The van der Waals surface area contributed by atoms with Crippen LogP contribution >= 0.6 is 0 Å². The number of nitrogens with one attached hydrogen (secondary N) is 1. The molecule has 0 atom stereocenters. The van der Waals surface area contributed by atoms with Gasteiger partial charge in [0.05, 0.1) is 11.4 Å². The second kappa shape index (κ2) is 6.59. The van der Waals surface area contributed by atoms with Crippen LogP contribution in [0.3, 0.4) is 0 Å². The molecule has 1 aromatic rings. The molecule has 1 aliphatic rings. The maximum absolute atomic E-state index is 12.2. The molecule has 0 fully saturated rings. The summed E-state index contributed by atoms with van der Waals surface area (Å²) in [5.74, 6) is -0.131. The number of amides is 1. The van der Waals surface area contributed by atoms with Crippen LogP contribution in [0.25, 0.3) is 0 Å². The molecule has 3 N–H and O–H groups in total. The lowest BCUT2D eigenvalue weighted by Crippen LogP contribution is -2.27. The molecular weight excluding hydrogens is 252 g/mol. The Hall–Kier alpha value is -1.78. The van der Waals surface area contributed by atoms with Gasteiger partial charge in [0.25, 0.3) is 5.91 Å². The smallest absolute Gasteiger partial charge is 0.271 e. The normalized spacial score (nSPS) is 15.0. The van der Waals surface area contributed by atoms with E-state index in [0.29, 0.717) is 17.9 Å². The van der Waals surface area contributed by atoms with Crippen molar-refractivity contribution in [3.05, 3.63) is 23.0 Å². The fraction of sp³-hybridized carbons (Fsp3) is 0.600. The summed E-state index contributed by atoms with van der Waals surface area (Å²) in [6.45, 7) is 2.65. The van der Waals surface area contributed by atoms with Crippen LogP contribution in [0.2, 0.25) is 0 Å². The number of nitrogens with zero attached hydrogens (tertiary/aromatic N) is 2. The van der Waals surface area contributed by atoms with Gasteiger partial charge in [-0.05, 0) is 38.5 Å². The van der Waals surface area contributed by atoms with Crippen LogP contribution < -0.4 is 11.1 Å². The van der Waals surface area contributed by atoms with Gasteiger partial charge >= 0.3 is 0 Å². The number of carbonyl (C=O) groups is 1. The van der Waals surface area contributed by atoms with E-state index in [1.165, 1.54) is 31.3 Å². The molecule has 2 rings (SSSR count). The average molecular weight is 276 g/mol. The third kappa shape index (κ3) is 3.21.